The van der Waals surface area contributed by atoms with Crippen LogP contribution in [0.3, 0.4) is 0 Å². The molecule has 4 heterocycles. The molecule has 0 saturated heterocycles. The van der Waals surface area contributed by atoms with Gasteiger partial charge in [0.15, 0.2) is 0 Å². The van der Waals surface area contributed by atoms with Gasteiger partial charge in [0, 0.05) is 52.9 Å². The minimum atomic E-state index is -0.464. The van der Waals surface area contributed by atoms with Crippen molar-refractivity contribution in [3.63, 3.8) is 0 Å². The van der Waals surface area contributed by atoms with Crippen molar-refractivity contribution in [1.82, 2.24) is 19.9 Å². The first-order valence-electron chi connectivity index (χ1n) is 13.3. The maximum absolute atomic E-state index is 13.9. The van der Waals surface area contributed by atoms with Crippen LogP contribution in [0.4, 0.5) is 4.39 Å². The van der Waals surface area contributed by atoms with E-state index in [2.05, 4.69) is 29.5 Å². The van der Waals surface area contributed by atoms with Gasteiger partial charge in [-0.25, -0.2) is 13.9 Å². The molecular formula is C30H28ClFN4O2. The lowest BCUT2D eigenvalue weighted by Gasteiger charge is -2.20. The van der Waals surface area contributed by atoms with Gasteiger partial charge in [-0.3, -0.25) is 4.79 Å². The van der Waals surface area contributed by atoms with E-state index in [1.165, 1.54) is 18.9 Å². The molecule has 38 heavy (non-hydrogen) atoms. The van der Waals surface area contributed by atoms with Gasteiger partial charge in [-0.1, -0.05) is 18.5 Å². The summed E-state index contributed by atoms with van der Waals surface area (Å²) in [7, 11) is 0. The molecule has 7 rings (SSSR count). The Kier molecular flexibility index (Phi) is 5.65. The quantitative estimate of drug-likeness (QED) is 0.297. The minimum Gasteiger partial charge on any atom is -0.490 e. The molecule has 1 amide bonds. The van der Waals surface area contributed by atoms with Gasteiger partial charge in [0.25, 0.3) is 5.91 Å². The smallest absolute Gasteiger partial charge is 0.251 e. The fourth-order valence-corrected chi connectivity index (χ4v) is 5.65. The van der Waals surface area contributed by atoms with Gasteiger partial charge in [0.2, 0.25) is 0 Å². The van der Waals surface area contributed by atoms with E-state index in [0.29, 0.717) is 36.2 Å². The van der Waals surface area contributed by atoms with E-state index < -0.39 is 5.82 Å². The predicted molar refractivity (Wildman–Crippen MR) is 144 cm³/mol. The second-order valence-corrected chi connectivity index (χ2v) is 11.3. The van der Waals surface area contributed by atoms with E-state index in [4.69, 9.17) is 21.3 Å². The molecule has 1 aliphatic heterocycles. The van der Waals surface area contributed by atoms with Gasteiger partial charge in [0.05, 0.1) is 22.8 Å². The fraction of sp³-hybridized carbons (Fsp3) is 0.367. The molecule has 3 aliphatic rings. The molecule has 2 atom stereocenters. The van der Waals surface area contributed by atoms with Gasteiger partial charge in [-0.2, -0.15) is 5.10 Å². The molecule has 1 aromatic carbocycles. The van der Waals surface area contributed by atoms with Crippen molar-refractivity contribution in [1.29, 1.82) is 0 Å². The number of carbonyl (C=O) groups excluding carboxylic acids is 1. The molecule has 2 fully saturated rings. The van der Waals surface area contributed by atoms with Crippen molar-refractivity contribution in [3.05, 3.63) is 82.0 Å². The molecule has 6 nitrogen and oxygen atoms in total. The number of hydrogen-bond acceptors (Lipinski definition) is 4. The highest BCUT2D eigenvalue weighted by molar-refractivity contribution is 6.31. The maximum Gasteiger partial charge on any atom is 0.251 e. The Hall–Kier alpha value is -3.45. The average molecular weight is 531 g/mol. The van der Waals surface area contributed by atoms with Gasteiger partial charge in [0.1, 0.15) is 17.3 Å². The van der Waals surface area contributed by atoms with Crippen LogP contribution in [0, 0.1) is 11.7 Å². The van der Waals surface area contributed by atoms with Gasteiger partial charge >= 0.3 is 0 Å². The summed E-state index contributed by atoms with van der Waals surface area (Å²) in [5.41, 5.74) is 6.10. The Morgan fingerprint density at radius 1 is 1.18 bits per heavy atom. The maximum atomic E-state index is 13.9. The van der Waals surface area contributed by atoms with Crippen LogP contribution >= 0.6 is 11.6 Å². The molecule has 4 aromatic rings. The number of aromatic nitrogens is 3. The summed E-state index contributed by atoms with van der Waals surface area (Å²) >= 11 is 6.11. The minimum absolute atomic E-state index is 0.0555. The van der Waals surface area contributed by atoms with Crippen LogP contribution in [0.5, 0.6) is 5.75 Å². The molecular weight excluding hydrogens is 503 g/mol. The number of fused-ring (bicyclic) bond motifs is 2. The van der Waals surface area contributed by atoms with Crippen molar-refractivity contribution < 1.29 is 13.9 Å². The zero-order chi connectivity index (χ0) is 26.0. The molecule has 194 valence electrons. The number of pyridine rings is 2. The number of benzene rings is 1. The van der Waals surface area contributed by atoms with E-state index in [0.717, 1.165) is 46.6 Å². The number of ether oxygens (including phenoxy) is 1. The zero-order valence-electron chi connectivity index (χ0n) is 21.1. The van der Waals surface area contributed by atoms with Crippen LogP contribution in [-0.4, -0.2) is 33.7 Å². The Morgan fingerprint density at radius 2 is 2.03 bits per heavy atom. The molecule has 1 N–H and O–H groups in total. The first-order chi connectivity index (χ1) is 18.4. The summed E-state index contributed by atoms with van der Waals surface area (Å²) in [6.45, 7) is 3.20. The zero-order valence-corrected chi connectivity index (χ0v) is 21.8. The Morgan fingerprint density at radius 3 is 2.79 bits per heavy atom. The molecule has 8 heteroatoms. The highest BCUT2D eigenvalue weighted by Crippen LogP contribution is 2.47. The average Bonchev–Trinajstić information content (AvgIpc) is 3.86. The van der Waals surface area contributed by atoms with Crippen LogP contribution in [0.1, 0.15) is 77.7 Å². The molecule has 0 unspecified atom stereocenters. The molecule has 0 bridgehead atoms. The van der Waals surface area contributed by atoms with Gasteiger partial charge < -0.3 is 10.1 Å². The number of nitrogens with one attached hydrogen (secondary N) is 1. The SMILES string of the molecule is C[C@@H]1COc2c1cc([C@@H](CNC(=O)c1ccn3nc(C4CC4)cc3c1)C1CC1)nc2-c1ccc(F)c(Cl)c1. The summed E-state index contributed by atoms with van der Waals surface area (Å²) in [5, 5.41) is 7.86. The van der Waals surface area contributed by atoms with E-state index in [9.17, 15) is 9.18 Å². The predicted octanol–water partition coefficient (Wildman–Crippen LogP) is 6.49. The van der Waals surface area contributed by atoms with Gasteiger partial charge in [-0.05, 0) is 74.1 Å². The van der Waals surface area contributed by atoms with Crippen molar-refractivity contribution in [2.24, 2.45) is 5.92 Å². The topological polar surface area (TPSA) is 68.5 Å². The highest BCUT2D eigenvalue weighted by atomic mass is 35.5. The van der Waals surface area contributed by atoms with Crippen LogP contribution in [0.25, 0.3) is 16.8 Å². The number of nitrogens with zero attached hydrogens (tertiary/aromatic N) is 3. The highest BCUT2D eigenvalue weighted by Gasteiger charge is 2.36. The number of rotatable bonds is 7. The summed E-state index contributed by atoms with van der Waals surface area (Å²) in [6.07, 6.45) is 6.45. The van der Waals surface area contributed by atoms with Crippen molar-refractivity contribution in [2.45, 2.75) is 50.4 Å². The lowest BCUT2D eigenvalue weighted by Crippen LogP contribution is -2.29. The lowest BCUT2D eigenvalue weighted by atomic mass is 9.93. The Bertz CT molecular complexity index is 1580. The fourth-order valence-electron chi connectivity index (χ4n) is 5.47. The summed E-state index contributed by atoms with van der Waals surface area (Å²) in [5.74, 6) is 1.49. The van der Waals surface area contributed by atoms with Gasteiger partial charge in [-0.15, -0.1) is 0 Å². The standard InChI is InChI=1S/C30H28ClFN4O2/c1-16-15-38-29-22(16)13-27(34-28(29)19-6-7-25(32)24(31)11-19)23(17-2-3-17)14-33-30(37)20-8-9-36-21(10-20)12-26(35-36)18-4-5-18/h6-13,16-18,23H,2-5,14-15H2,1H3,(H,33,37)/t16-,23+/m1/s1. The van der Waals surface area contributed by atoms with E-state index in [1.807, 2.05) is 22.8 Å². The number of amides is 1. The van der Waals surface area contributed by atoms with E-state index >= 15 is 0 Å². The summed E-state index contributed by atoms with van der Waals surface area (Å²) in [4.78, 5) is 18.2. The van der Waals surface area contributed by atoms with E-state index in [1.54, 1.807) is 12.1 Å². The van der Waals surface area contributed by atoms with Crippen molar-refractivity contribution >= 4 is 23.0 Å². The molecule has 3 aromatic heterocycles. The lowest BCUT2D eigenvalue weighted by molar-refractivity contribution is 0.0950. The first kappa shape index (κ1) is 23.7. The van der Waals surface area contributed by atoms with Crippen LogP contribution in [0.2, 0.25) is 5.02 Å². The number of carbonyl (C=O) groups is 1. The third kappa shape index (κ3) is 4.33. The second-order valence-electron chi connectivity index (χ2n) is 10.9. The van der Waals surface area contributed by atoms with Crippen molar-refractivity contribution in [3.8, 4) is 17.0 Å². The normalized spacial score (nSPS) is 19.3. The van der Waals surface area contributed by atoms with E-state index in [-0.39, 0.29) is 22.8 Å². The number of halogens is 2. The summed E-state index contributed by atoms with van der Waals surface area (Å²) in [6, 6.07) is 12.6. The molecule has 0 spiro atoms. The largest absolute Gasteiger partial charge is 0.490 e. The monoisotopic (exact) mass is 530 g/mol. The molecule has 2 aliphatic carbocycles. The van der Waals surface area contributed by atoms with Crippen molar-refractivity contribution in [2.75, 3.05) is 13.2 Å². The molecule has 0 radical (unpaired) electrons. The van der Waals surface area contributed by atoms with Crippen LogP contribution in [0.15, 0.2) is 48.7 Å². The van der Waals surface area contributed by atoms with Crippen LogP contribution < -0.4 is 10.1 Å². The Labute approximate surface area is 225 Å². The second kappa shape index (κ2) is 9.09. The Balaban J connectivity index is 1.17. The van der Waals surface area contributed by atoms with Crippen LogP contribution in [-0.2, 0) is 0 Å². The first-order valence-corrected chi connectivity index (χ1v) is 13.7. The third-order valence-corrected chi connectivity index (χ3v) is 8.31. The number of hydrogen-bond donors (Lipinski definition) is 1. The third-order valence-electron chi connectivity index (χ3n) is 8.02. The summed E-state index contributed by atoms with van der Waals surface area (Å²) < 4.78 is 21.7. The molecule has 2 saturated carbocycles.